The molecule has 15 heavy (non-hydrogen) atoms. The highest BCUT2D eigenvalue weighted by molar-refractivity contribution is 4.77. The van der Waals surface area contributed by atoms with Gasteiger partial charge in [-0.1, -0.05) is 20.8 Å². The van der Waals surface area contributed by atoms with Crippen molar-refractivity contribution in [2.24, 2.45) is 11.1 Å². The van der Waals surface area contributed by atoms with E-state index < -0.39 is 0 Å². The summed E-state index contributed by atoms with van der Waals surface area (Å²) in [5.74, 6) is 0. The summed E-state index contributed by atoms with van der Waals surface area (Å²) in [4.78, 5) is 2.47. The Bertz CT molecular complexity index is 171. The first-order chi connectivity index (χ1) is 7.00. The van der Waals surface area contributed by atoms with Gasteiger partial charge in [0.2, 0.25) is 0 Å². The molecule has 0 saturated carbocycles. The summed E-state index contributed by atoms with van der Waals surface area (Å²) in [6, 6.07) is 0.318. The van der Waals surface area contributed by atoms with Gasteiger partial charge in [0, 0.05) is 19.1 Å². The van der Waals surface area contributed by atoms with Crippen molar-refractivity contribution in [2.75, 3.05) is 32.8 Å². The van der Waals surface area contributed by atoms with E-state index in [1.807, 2.05) is 0 Å². The van der Waals surface area contributed by atoms with Crippen molar-refractivity contribution in [2.45, 2.75) is 39.7 Å². The molecule has 3 nitrogen and oxygen atoms in total. The fraction of sp³-hybridized carbons (Fsp3) is 1.00. The topological polar surface area (TPSA) is 38.5 Å². The molecule has 0 radical (unpaired) electrons. The van der Waals surface area contributed by atoms with Gasteiger partial charge in [0.25, 0.3) is 0 Å². The smallest absolute Gasteiger partial charge is 0.0594 e. The molecule has 0 amide bonds. The Morgan fingerprint density at radius 2 is 1.87 bits per heavy atom. The van der Waals surface area contributed by atoms with Crippen molar-refractivity contribution >= 4 is 0 Å². The zero-order valence-corrected chi connectivity index (χ0v) is 10.5. The number of nitrogens with zero attached hydrogens (tertiary/aromatic N) is 1. The minimum atomic E-state index is 0.241. The van der Waals surface area contributed by atoms with Crippen LogP contribution in [0, 0.1) is 5.41 Å². The van der Waals surface area contributed by atoms with Crippen molar-refractivity contribution in [3.05, 3.63) is 0 Å². The number of morpholine rings is 1. The maximum atomic E-state index is 6.12. The Balaban J connectivity index is 2.10. The van der Waals surface area contributed by atoms with Gasteiger partial charge in [0.1, 0.15) is 0 Å². The minimum Gasteiger partial charge on any atom is -0.379 e. The van der Waals surface area contributed by atoms with Crippen LogP contribution in [0.3, 0.4) is 0 Å². The molecule has 1 aliphatic heterocycles. The summed E-state index contributed by atoms with van der Waals surface area (Å²) >= 11 is 0. The van der Waals surface area contributed by atoms with E-state index in [0.717, 1.165) is 32.7 Å². The predicted octanol–water partition coefficient (Wildman–Crippen LogP) is 1.47. The molecule has 0 aromatic carbocycles. The summed E-state index contributed by atoms with van der Waals surface area (Å²) < 4.78 is 5.32. The molecular weight excluding hydrogens is 188 g/mol. The number of rotatable bonds is 4. The minimum absolute atomic E-state index is 0.241. The van der Waals surface area contributed by atoms with Crippen LogP contribution in [-0.4, -0.2) is 43.8 Å². The van der Waals surface area contributed by atoms with Crippen LogP contribution in [0.5, 0.6) is 0 Å². The summed E-state index contributed by atoms with van der Waals surface area (Å²) in [6.07, 6.45) is 2.33. The third-order valence-corrected chi connectivity index (χ3v) is 3.21. The lowest BCUT2D eigenvalue weighted by molar-refractivity contribution is 0.0366. The van der Waals surface area contributed by atoms with Crippen LogP contribution in [0.25, 0.3) is 0 Å². The molecule has 0 aliphatic carbocycles. The molecule has 1 heterocycles. The molecule has 1 aliphatic rings. The number of hydrogen-bond donors (Lipinski definition) is 1. The van der Waals surface area contributed by atoms with Crippen molar-refractivity contribution < 1.29 is 4.74 Å². The lowest BCUT2D eigenvalue weighted by Crippen LogP contribution is -2.39. The van der Waals surface area contributed by atoms with Gasteiger partial charge in [0.05, 0.1) is 13.2 Å². The summed E-state index contributed by atoms with van der Waals surface area (Å²) in [5.41, 5.74) is 6.36. The van der Waals surface area contributed by atoms with Gasteiger partial charge < -0.3 is 10.5 Å². The van der Waals surface area contributed by atoms with Crippen LogP contribution in [-0.2, 0) is 4.74 Å². The van der Waals surface area contributed by atoms with E-state index in [-0.39, 0.29) is 5.41 Å². The Labute approximate surface area is 94.0 Å². The fourth-order valence-corrected chi connectivity index (χ4v) is 1.79. The zero-order chi connectivity index (χ0) is 11.3. The first kappa shape index (κ1) is 12.9. The van der Waals surface area contributed by atoms with Crippen molar-refractivity contribution in [3.63, 3.8) is 0 Å². The number of ether oxygens (including phenoxy) is 1. The van der Waals surface area contributed by atoms with Crippen molar-refractivity contribution in [1.82, 2.24) is 4.90 Å². The molecule has 0 aromatic rings. The van der Waals surface area contributed by atoms with Crippen LogP contribution in [0.1, 0.15) is 33.6 Å². The van der Waals surface area contributed by atoms with Gasteiger partial charge in [0.15, 0.2) is 0 Å². The lowest BCUT2D eigenvalue weighted by Gasteiger charge is -2.30. The van der Waals surface area contributed by atoms with Gasteiger partial charge in [-0.15, -0.1) is 0 Å². The highest BCUT2D eigenvalue weighted by Gasteiger charge is 2.20. The molecule has 1 saturated heterocycles. The Kier molecular flexibility index (Phi) is 5.03. The van der Waals surface area contributed by atoms with E-state index in [0.29, 0.717) is 6.04 Å². The molecule has 3 heteroatoms. The molecule has 0 aromatic heterocycles. The molecule has 0 bridgehead atoms. The van der Waals surface area contributed by atoms with Gasteiger partial charge in [-0.25, -0.2) is 0 Å². The maximum absolute atomic E-state index is 6.12. The van der Waals surface area contributed by atoms with E-state index in [1.165, 1.54) is 13.0 Å². The molecule has 1 unspecified atom stereocenters. The van der Waals surface area contributed by atoms with E-state index in [2.05, 4.69) is 25.7 Å². The average molecular weight is 214 g/mol. The quantitative estimate of drug-likeness (QED) is 0.770. The molecule has 90 valence electrons. The third kappa shape index (κ3) is 4.96. The van der Waals surface area contributed by atoms with Crippen LogP contribution in [0.4, 0.5) is 0 Å². The Morgan fingerprint density at radius 3 is 2.40 bits per heavy atom. The molecular formula is C12H26N2O. The van der Waals surface area contributed by atoms with Gasteiger partial charge >= 0.3 is 0 Å². The SMILES string of the molecule is CC(C)(C)C(N)CCCN1CCOCC1. The van der Waals surface area contributed by atoms with Crippen molar-refractivity contribution in [1.29, 1.82) is 0 Å². The fourth-order valence-electron chi connectivity index (χ4n) is 1.79. The first-order valence-corrected chi connectivity index (χ1v) is 6.06. The highest BCUT2D eigenvalue weighted by atomic mass is 16.5. The molecule has 1 fully saturated rings. The number of nitrogens with two attached hydrogens (primary N) is 1. The van der Waals surface area contributed by atoms with E-state index >= 15 is 0 Å². The maximum Gasteiger partial charge on any atom is 0.0594 e. The number of hydrogen-bond acceptors (Lipinski definition) is 3. The summed E-state index contributed by atoms with van der Waals surface area (Å²) in [6.45, 7) is 11.8. The molecule has 1 atom stereocenters. The second-order valence-corrected chi connectivity index (χ2v) is 5.57. The monoisotopic (exact) mass is 214 g/mol. The average Bonchev–Trinajstić information content (AvgIpc) is 2.18. The van der Waals surface area contributed by atoms with Crippen LogP contribution in [0.2, 0.25) is 0 Å². The van der Waals surface area contributed by atoms with Crippen LogP contribution in [0.15, 0.2) is 0 Å². The van der Waals surface area contributed by atoms with Gasteiger partial charge in [-0.3, -0.25) is 4.90 Å². The molecule has 0 spiro atoms. The second kappa shape index (κ2) is 5.83. The third-order valence-electron chi connectivity index (χ3n) is 3.21. The standard InChI is InChI=1S/C12H26N2O/c1-12(2,3)11(13)5-4-6-14-7-9-15-10-8-14/h11H,4-10,13H2,1-3H3. The first-order valence-electron chi connectivity index (χ1n) is 6.06. The predicted molar refractivity (Wildman–Crippen MR) is 63.9 cm³/mol. The Morgan fingerprint density at radius 1 is 1.27 bits per heavy atom. The molecule has 1 rings (SSSR count). The molecule has 2 N–H and O–H groups in total. The Hall–Kier alpha value is -0.120. The normalized spacial score (nSPS) is 21.6. The summed E-state index contributed by atoms with van der Waals surface area (Å²) in [7, 11) is 0. The lowest BCUT2D eigenvalue weighted by atomic mass is 9.85. The van der Waals surface area contributed by atoms with E-state index in [4.69, 9.17) is 10.5 Å². The summed E-state index contributed by atoms with van der Waals surface area (Å²) in [5, 5.41) is 0. The zero-order valence-electron chi connectivity index (χ0n) is 10.5. The second-order valence-electron chi connectivity index (χ2n) is 5.57. The van der Waals surface area contributed by atoms with Gasteiger partial charge in [-0.05, 0) is 24.8 Å². The van der Waals surface area contributed by atoms with Crippen LogP contribution < -0.4 is 5.73 Å². The van der Waals surface area contributed by atoms with E-state index in [1.54, 1.807) is 0 Å². The van der Waals surface area contributed by atoms with E-state index in [9.17, 15) is 0 Å². The van der Waals surface area contributed by atoms with Crippen LogP contribution >= 0.6 is 0 Å². The highest BCUT2D eigenvalue weighted by Crippen LogP contribution is 2.20. The largest absolute Gasteiger partial charge is 0.379 e. The van der Waals surface area contributed by atoms with Gasteiger partial charge in [-0.2, -0.15) is 0 Å². The van der Waals surface area contributed by atoms with Crippen molar-refractivity contribution in [3.8, 4) is 0 Å².